The van der Waals surface area contributed by atoms with E-state index in [1.807, 2.05) is 6.92 Å². The van der Waals surface area contributed by atoms with Gasteiger partial charge < -0.3 is 10.4 Å². The van der Waals surface area contributed by atoms with Gasteiger partial charge in [-0.25, -0.2) is 8.42 Å². The van der Waals surface area contributed by atoms with Gasteiger partial charge in [0.2, 0.25) is 0 Å². The van der Waals surface area contributed by atoms with Crippen molar-refractivity contribution in [1.82, 2.24) is 5.32 Å². The Kier molecular flexibility index (Phi) is 5.53. The van der Waals surface area contributed by atoms with E-state index in [2.05, 4.69) is 5.32 Å². The van der Waals surface area contributed by atoms with Gasteiger partial charge in [0.05, 0.1) is 10.5 Å². The van der Waals surface area contributed by atoms with Crippen LogP contribution in [0.1, 0.15) is 42.6 Å². The predicted octanol–water partition coefficient (Wildman–Crippen LogP) is 1.68. The van der Waals surface area contributed by atoms with Crippen molar-refractivity contribution in [2.45, 2.75) is 44.1 Å². The van der Waals surface area contributed by atoms with Gasteiger partial charge in [0.15, 0.2) is 9.84 Å². The van der Waals surface area contributed by atoms with Gasteiger partial charge in [-0.2, -0.15) is 0 Å². The fourth-order valence-electron chi connectivity index (χ4n) is 2.07. The van der Waals surface area contributed by atoms with Crippen molar-refractivity contribution in [1.29, 1.82) is 0 Å². The first-order chi connectivity index (χ1) is 9.57. The molecule has 0 fully saturated rings. The van der Waals surface area contributed by atoms with E-state index in [0.29, 0.717) is 17.5 Å². The van der Waals surface area contributed by atoms with E-state index in [-0.39, 0.29) is 17.3 Å². The minimum atomic E-state index is -3.36. The Balaban J connectivity index is 2.93. The van der Waals surface area contributed by atoms with E-state index in [9.17, 15) is 18.3 Å². The van der Waals surface area contributed by atoms with Crippen LogP contribution in [0.5, 0.6) is 0 Å². The average Bonchev–Trinajstić information content (AvgIpc) is 2.35. The Morgan fingerprint density at radius 2 is 2.00 bits per heavy atom. The first kappa shape index (κ1) is 17.7. The van der Waals surface area contributed by atoms with E-state index < -0.39 is 15.4 Å². The lowest BCUT2D eigenvalue weighted by atomic mass is 10.0. The van der Waals surface area contributed by atoms with Gasteiger partial charge >= 0.3 is 0 Å². The molecule has 1 aromatic carbocycles. The Bertz CT molecular complexity index is 621. The molecule has 6 heteroatoms. The number of benzene rings is 1. The molecule has 0 aromatic heterocycles. The van der Waals surface area contributed by atoms with E-state index in [1.54, 1.807) is 19.9 Å². The van der Waals surface area contributed by atoms with Crippen LogP contribution in [0.25, 0.3) is 0 Å². The fraction of sp³-hybridized carbons (Fsp3) is 0.533. The number of aryl methyl sites for hydroxylation is 1. The van der Waals surface area contributed by atoms with Crippen molar-refractivity contribution in [3.8, 4) is 0 Å². The molecule has 0 bridgehead atoms. The summed E-state index contributed by atoms with van der Waals surface area (Å²) in [4.78, 5) is 12.3. The summed E-state index contributed by atoms with van der Waals surface area (Å²) in [5.74, 6) is -0.380. The van der Waals surface area contributed by atoms with Crippen LogP contribution in [0.2, 0.25) is 0 Å². The molecule has 118 valence electrons. The highest BCUT2D eigenvalue weighted by atomic mass is 32.2. The van der Waals surface area contributed by atoms with Gasteiger partial charge in [-0.15, -0.1) is 0 Å². The number of amides is 1. The standard InChI is InChI=1S/C15H23NO4S/c1-5-8-15(3,18)10-16-14(17)13-9-12(21(4,19)20)7-6-11(13)2/h6-7,9,18H,5,8,10H2,1-4H3,(H,16,17). The Morgan fingerprint density at radius 3 is 2.52 bits per heavy atom. The average molecular weight is 313 g/mol. The van der Waals surface area contributed by atoms with Crippen LogP contribution in [0.4, 0.5) is 0 Å². The summed E-state index contributed by atoms with van der Waals surface area (Å²) < 4.78 is 23.1. The molecule has 1 atom stereocenters. The van der Waals surface area contributed by atoms with Gasteiger partial charge in [0.25, 0.3) is 5.91 Å². The normalized spacial score (nSPS) is 14.5. The number of hydrogen-bond donors (Lipinski definition) is 2. The highest BCUT2D eigenvalue weighted by molar-refractivity contribution is 7.90. The highest BCUT2D eigenvalue weighted by Crippen LogP contribution is 2.16. The van der Waals surface area contributed by atoms with Crippen molar-refractivity contribution in [2.24, 2.45) is 0 Å². The molecule has 2 N–H and O–H groups in total. The van der Waals surface area contributed by atoms with E-state index in [1.165, 1.54) is 12.1 Å². The number of nitrogens with one attached hydrogen (secondary N) is 1. The molecule has 0 aliphatic carbocycles. The Morgan fingerprint density at radius 1 is 1.38 bits per heavy atom. The van der Waals surface area contributed by atoms with Gasteiger partial charge in [-0.1, -0.05) is 19.4 Å². The lowest BCUT2D eigenvalue weighted by molar-refractivity contribution is 0.0469. The number of hydrogen-bond acceptors (Lipinski definition) is 4. The number of aliphatic hydroxyl groups is 1. The van der Waals surface area contributed by atoms with Gasteiger partial charge in [0, 0.05) is 18.4 Å². The summed E-state index contributed by atoms with van der Waals surface area (Å²) in [6.45, 7) is 5.49. The zero-order valence-corrected chi connectivity index (χ0v) is 13.8. The first-order valence-corrected chi connectivity index (χ1v) is 8.77. The molecule has 5 nitrogen and oxygen atoms in total. The molecule has 0 aliphatic rings. The lowest BCUT2D eigenvalue weighted by Crippen LogP contribution is -2.40. The van der Waals surface area contributed by atoms with Crippen LogP contribution in [0.15, 0.2) is 23.1 Å². The molecule has 1 unspecified atom stereocenters. The maximum absolute atomic E-state index is 12.2. The number of carbonyl (C=O) groups is 1. The number of carbonyl (C=O) groups excluding carboxylic acids is 1. The summed E-state index contributed by atoms with van der Waals surface area (Å²) in [7, 11) is -3.36. The molecule has 1 rings (SSSR count). The largest absolute Gasteiger partial charge is 0.388 e. The van der Waals surface area contributed by atoms with Gasteiger partial charge in [-0.3, -0.25) is 4.79 Å². The van der Waals surface area contributed by atoms with Crippen LogP contribution < -0.4 is 5.32 Å². The smallest absolute Gasteiger partial charge is 0.251 e. The van der Waals surface area contributed by atoms with Gasteiger partial charge in [-0.05, 0) is 38.0 Å². The molecule has 1 aromatic rings. The maximum atomic E-state index is 12.2. The molecule has 0 saturated heterocycles. The van der Waals surface area contributed by atoms with E-state index in [4.69, 9.17) is 0 Å². The van der Waals surface area contributed by atoms with Crippen LogP contribution in [-0.2, 0) is 9.84 Å². The van der Waals surface area contributed by atoms with Crippen molar-refractivity contribution in [3.05, 3.63) is 29.3 Å². The van der Waals surface area contributed by atoms with Crippen LogP contribution in [0, 0.1) is 6.92 Å². The molecule has 0 radical (unpaired) electrons. The van der Waals surface area contributed by atoms with Crippen molar-refractivity contribution in [2.75, 3.05) is 12.8 Å². The second-order valence-corrected chi connectivity index (χ2v) is 7.69. The minimum Gasteiger partial charge on any atom is -0.388 e. The van der Waals surface area contributed by atoms with Crippen LogP contribution >= 0.6 is 0 Å². The third-order valence-electron chi connectivity index (χ3n) is 3.30. The molecule has 0 heterocycles. The van der Waals surface area contributed by atoms with Crippen molar-refractivity contribution in [3.63, 3.8) is 0 Å². The molecule has 0 aliphatic heterocycles. The highest BCUT2D eigenvalue weighted by Gasteiger charge is 2.21. The van der Waals surface area contributed by atoms with Gasteiger partial charge in [0.1, 0.15) is 0 Å². The van der Waals surface area contributed by atoms with Crippen molar-refractivity contribution < 1.29 is 18.3 Å². The number of sulfone groups is 1. The quantitative estimate of drug-likeness (QED) is 0.837. The third-order valence-corrected chi connectivity index (χ3v) is 4.41. The molecular weight excluding hydrogens is 290 g/mol. The zero-order chi connectivity index (χ0) is 16.3. The molecule has 0 saturated carbocycles. The minimum absolute atomic E-state index is 0.110. The SMILES string of the molecule is CCCC(C)(O)CNC(=O)c1cc(S(C)(=O)=O)ccc1C. The first-order valence-electron chi connectivity index (χ1n) is 6.88. The summed E-state index contributed by atoms with van der Waals surface area (Å²) in [6, 6.07) is 4.46. The van der Waals surface area contributed by atoms with Crippen molar-refractivity contribution >= 4 is 15.7 Å². The molecule has 1 amide bonds. The summed E-state index contributed by atoms with van der Waals surface area (Å²) >= 11 is 0. The zero-order valence-electron chi connectivity index (χ0n) is 12.9. The van der Waals surface area contributed by atoms with Crippen LogP contribution in [-0.4, -0.2) is 37.8 Å². The molecule has 0 spiro atoms. The second kappa shape index (κ2) is 6.58. The van der Waals surface area contributed by atoms with Crippen LogP contribution in [0.3, 0.4) is 0 Å². The third kappa shape index (κ3) is 5.13. The van der Waals surface area contributed by atoms with E-state index in [0.717, 1.165) is 12.7 Å². The molecule has 21 heavy (non-hydrogen) atoms. The number of rotatable bonds is 6. The molecular formula is C15H23NO4S. The topological polar surface area (TPSA) is 83.5 Å². The Labute approximate surface area is 126 Å². The summed E-state index contributed by atoms with van der Waals surface area (Å²) in [6.07, 6.45) is 2.49. The second-order valence-electron chi connectivity index (χ2n) is 5.68. The summed E-state index contributed by atoms with van der Waals surface area (Å²) in [5.41, 5.74) is 0.0347. The predicted molar refractivity (Wildman–Crippen MR) is 82.2 cm³/mol. The summed E-state index contributed by atoms with van der Waals surface area (Å²) in [5, 5.41) is 12.7. The Hall–Kier alpha value is -1.40. The van der Waals surface area contributed by atoms with E-state index >= 15 is 0 Å². The maximum Gasteiger partial charge on any atom is 0.251 e. The fourth-order valence-corrected chi connectivity index (χ4v) is 2.72. The lowest BCUT2D eigenvalue weighted by Gasteiger charge is -2.23. The monoisotopic (exact) mass is 313 g/mol.